The Morgan fingerprint density at radius 2 is 2.11 bits per heavy atom. The third kappa shape index (κ3) is 2.51. The molecule has 2 rings (SSSR count). The van der Waals surface area contributed by atoms with E-state index in [0.29, 0.717) is 23.9 Å². The summed E-state index contributed by atoms with van der Waals surface area (Å²) in [5.41, 5.74) is 7.97. The maximum absolute atomic E-state index is 5.77. The highest BCUT2D eigenvalue weighted by atomic mass is 16.5. The number of nitrogen functional groups attached to an aromatic ring is 1. The minimum Gasteiger partial charge on any atom is -0.495 e. The smallest absolute Gasteiger partial charge is 0.232 e. The van der Waals surface area contributed by atoms with Gasteiger partial charge in [0.25, 0.3) is 0 Å². The van der Waals surface area contributed by atoms with Gasteiger partial charge in [-0.3, -0.25) is 4.98 Å². The summed E-state index contributed by atoms with van der Waals surface area (Å²) in [4.78, 5) is 8.45. The fraction of sp³-hybridized carbons (Fsp3) is 0.231. The maximum atomic E-state index is 5.77. The molecule has 0 amide bonds. The Hall–Kier alpha value is -2.30. The van der Waals surface area contributed by atoms with Gasteiger partial charge in [-0.2, -0.15) is 0 Å². The van der Waals surface area contributed by atoms with E-state index in [1.165, 1.54) is 0 Å². The molecule has 1 heterocycles. The third-order valence-corrected chi connectivity index (χ3v) is 2.43. The summed E-state index contributed by atoms with van der Waals surface area (Å²) in [5.74, 6) is 1.13. The molecule has 2 aromatic rings. The van der Waals surface area contributed by atoms with Crippen LogP contribution in [0, 0.1) is 0 Å². The number of hydrogen-bond donors (Lipinski definition) is 1. The van der Waals surface area contributed by atoms with Crippen LogP contribution in [-0.4, -0.2) is 23.7 Å². The molecule has 1 aromatic carbocycles. The molecule has 0 radical (unpaired) electrons. The monoisotopic (exact) mass is 245 g/mol. The average molecular weight is 245 g/mol. The number of benzene rings is 1. The Bertz CT molecular complexity index is 544. The fourth-order valence-corrected chi connectivity index (χ4v) is 1.58. The van der Waals surface area contributed by atoms with Crippen LogP contribution in [0.4, 0.5) is 5.69 Å². The van der Waals surface area contributed by atoms with Crippen molar-refractivity contribution in [2.45, 2.75) is 6.92 Å². The van der Waals surface area contributed by atoms with Gasteiger partial charge >= 0.3 is 0 Å². The number of anilines is 1. The topological polar surface area (TPSA) is 70.3 Å². The van der Waals surface area contributed by atoms with E-state index in [1.807, 2.05) is 19.1 Å². The quantitative estimate of drug-likeness (QED) is 0.835. The average Bonchev–Trinajstić information content (AvgIpc) is 2.40. The molecule has 0 aliphatic heterocycles. The van der Waals surface area contributed by atoms with Crippen LogP contribution in [0.5, 0.6) is 11.6 Å². The molecule has 0 saturated carbocycles. The summed E-state index contributed by atoms with van der Waals surface area (Å²) >= 11 is 0. The number of methoxy groups -OCH3 is 1. The fourth-order valence-electron chi connectivity index (χ4n) is 1.58. The molecule has 5 nitrogen and oxygen atoms in total. The first-order valence-electron chi connectivity index (χ1n) is 5.63. The van der Waals surface area contributed by atoms with E-state index in [-0.39, 0.29) is 0 Å². The minimum absolute atomic E-state index is 0.505. The molecule has 0 saturated heterocycles. The minimum atomic E-state index is 0.505. The molecule has 5 heteroatoms. The maximum Gasteiger partial charge on any atom is 0.232 e. The van der Waals surface area contributed by atoms with Crippen LogP contribution >= 0.6 is 0 Å². The second-order valence-corrected chi connectivity index (χ2v) is 3.63. The highest BCUT2D eigenvalue weighted by Crippen LogP contribution is 2.28. The van der Waals surface area contributed by atoms with E-state index in [4.69, 9.17) is 15.2 Å². The summed E-state index contributed by atoms with van der Waals surface area (Å²) in [6.45, 7) is 2.46. The molecule has 0 bridgehead atoms. The largest absolute Gasteiger partial charge is 0.495 e. The summed E-state index contributed by atoms with van der Waals surface area (Å²) < 4.78 is 10.5. The Morgan fingerprint density at radius 3 is 2.83 bits per heavy atom. The van der Waals surface area contributed by atoms with Crippen LogP contribution in [0.2, 0.25) is 0 Å². The highest BCUT2D eigenvalue weighted by molar-refractivity contribution is 5.67. The zero-order valence-corrected chi connectivity index (χ0v) is 10.4. The van der Waals surface area contributed by atoms with Gasteiger partial charge < -0.3 is 15.2 Å². The van der Waals surface area contributed by atoms with E-state index in [9.17, 15) is 0 Å². The number of aromatic nitrogens is 2. The molecule has 0 aliphatic rings. The van der Waals surface area contributed by atoms with Gasteiger partial charge in [-0.25, -0.2) is 4.98 Å². The van der Waals surface area contributed by atoms with Crippen LogP contribution in [0.1, 0.15) is 6.92 Å². The molecule has 2 N–H and O–H groups in total. The predicted molar refractivity (Wildman–Crippen MR) is 69.6 cm³/mol. The number of nitrogens with two attached hydrogens (primary N) is 1. The summed E-state index contributed by atoms with van der Waals surface area (Å²) in [7, 11) is 1.58. The molecule has 94 valence electrons. The predicted octanol–water partition coefficient (Wildman–Crippen LogP) is 2.13. The van der Waals surface area contributed by atoms with E-state index in [2.05, 4.69) is 9.97 Å². The molecule has 0 atom stereocenters. The first-order chi connectivity index (χ1) is 8.74. The van der Waals surface area contributed by atoms with Crippen LogP contribution in [0.25, 0.3) is 11.3 Å². The van der Waals surface area contributed by atoms with E-state index < -0.39 is 0 Å². The lowest BCUT2D eigenvalue weighted by atomic mass is 10.1. The third-order valence-electron chi connectivity index (χ3n) is 2.43. The normalized spacial score (nSPS) is 10.1. The van der Waals surface area contributed by atoms with Crippen molar-refractivity contribution in [3.63, 3.8) is 0 Å². The van der Waals surface area contributed by atoms with Gasteiger partial charge in [0.05, 0.1) is 37.5 Å². The highest BCUT2D eigenvalue weighted by Gasteiger charge is 2.06. The van der Waals surface area contributed by atoms with Crippen LogP contribution in [0.15, 0.2) is 30.6 Å². The number of nitrogens with zero attached hydrogens (tertiary/aromatic N) is 2. The molecule has 0 aliphatic carbocycles. The van der Waals surface area contributed by atoms with Gasteiger partial charge in [0.1, 0.15) is 5.75 Å². The second kappa shape index (κ2) is 5.35. The molecule has 0 unspecified atom stereocenters. The summed E-state index contributed by atoms with van der Waals surface area (Å²) in [5, 5.41) is 0. The van der Waals surface area contributed by atoms with Crippen molar-refractivity contribution in [3.05, 3.63) is 30.6 Å². The van der Waals surface area contributed by atoms with Crippen molar-refractivity contribution in [3.8, 4) is 22.9 Å². The Balaban J connectivity index is 2.38. The standard InChI is InChI=1S/C13H15N3O2/c1-3-18-13-8-15-7-11(16-13)9-4-5-10(14)12(6-9)17-2/h4-8H,3,14H2,1-2H3. The first-order valence-corrected chi connectivity index (χ1v) is 5.63. The van der Waals surface area contributed by atoms with Crippen molar-refractivity contribution in [1.29, 1.82) is 0 Å². The lowest BCUT2D eigenvalue weighted by Crippen LogP contribution is -1.97. The van der Waals surface area contributed by atoms with Gasteiger partial charge in [0, 0.05) is 5.56 Å². The van der Waals surface area contributed by atoms with Crippen LogP contribution in [0.3, 0.4) is 0 Å². The summed E-state index contributed by atoms with van der Waals surface area (Å²) in [6.07, 6.45) is 3.26. The van der Waals surface area contributed by atoms with Crippen LogP contribution < -0.4 is 15.2 Å². The van der Waals surface area contributed by atoms with Gasteiger partial charge in [-0.05, 0) is 19.1 Å². The van der Waals surface area contributed by atoms with Gasteiger partial charge in [-0.15, -0.1) is 0 Å². The number of rotatable bonds is 4. The molecule has 1 aromatic heterocycles. The zero-order valence-electron chi connectivity index (χ0n) is 10.4. The second-order valence-electron chi connectivity index (χ2n) is 3.63. The molecule has 18 heavy (non-hydrogen) atoms. The molecule has 0 fully saturated rings. The molecule has 0 spiro atoms. The Kier molecular flexibility index (Phi) is 3.62. The van der Waals surface area contributed by atoms with Crippen molar-refractivity contribution in [1.82, 2.24) is 9.97 Å². The molecular formula is C13H15N3O2. The van der Waals surface area contributed by atoms with Gasteiger partial charge in [0.15, 0.2) is 0 Å². The lowest BCUT2D eigenvalue weighted by molar-refractivity contribution is 0.325. The Morgan fingerprint density at radius 1 is 1.28 bits per heavy atom. The van der Waals surface area contributed by atoms with Crippen molar-refractivity contribution >= 4 is 5.69 Å². The van der Waals surface area contributed by atoms with Crippen molar-refractivity contribution < 1.29 is 9.47 Å². The van der Waals surface area contributed by atoms with Gasteiger partial charge in [0.2, 0.25) is 5.88 Å². The summed E-state index contributed by atoms with van der Waals surface area (Å²) in [6, 6.07) is 5.48. The first kappa shape index (κ1) is 12.2. The lowest BCUT2D eigenvalue weighted by Gasteiger charge is -2.08. The van der Waals surface area contributed by atoms with E-state index >= 15 is 0 Å². The SMILES string of the molecule is CCOc1cncc(-c2ccc(N)c(OC)c2)n1. The number of ether oxygens (including phenoxy) is 2. The van der Waals surface area contributed by atoms with Gasteiger partial charge in [-0.1, -0.05) is 6.07 Å². The number of hydrogen-bond acceptors (Lipinski definition) is 5. The van der Waals surface area contributed by atoms with E-state index in [0.717, 1.165) is 11.3 Å². The van der Waals surface area contributed by atoms with Crippen molar-refractivity contribution in [2.24, 2.45) is 0 Å². The molecular weight excluding hydrogens is 230 g/mol. The Labute approximate surface area is 106 Å². The van der Waals surface area contributed by atoms with Crippen LogP contribution in [-0.2, 0) is 0 Å². The van der Waals surface area contributed by atoms with E-state index in [1.54, 1.807) is 25.6 Å². The zero-order chi connectivity index (χ0) is 13.0. The van der Waals surface area contributed by atoms with Crippen molar-refractivity contribution in [2.75, 3.05) is 19.5 Å².